The number of carbonyl (C=O) groups is 5. The number of phenolic OH excluding ortho intramolecular Hbond substituents is 1. The number of nitrogens with two attached hydrogens (primary N) is 1. The van der Waals surface area contributed by atoms with Gasteiger partial charge in [-0.1, -0.05) is 19.4 Å². The molecule has 4 N–H and O–H groups in total. The van der Waals surface area contributed by atoms with Gasteiger partial charge in [0.25, 0.3) is 0 Å². The molecule has 0 bridgehead atoms. The summed E-state index contributed by atoms with van der Waals surface area (Å²) in [6.45, 7) is 4.26. The molecule has 2 saturated carbocycles. The van der Waals surface area contributed by atoms with E-state index >= 15 is 0 Å². The Morgan fingerprint density at radius 1 is 1.10 bits per heavy atom. The minimum Gasteiger partial charge on any atom is -0.507 e. The number of aliphatic hydroxyl groups is 1. The zero-order valence-electron chi connectivity index (χ0n) is 22.7. The minimum atomic E-state index is -2.70. The zero-order valence-corrected chi connectivity index (χ0v) is 22.7. The lowest BCUT2D eigenvalue weighted by Crippen LogP contribution is -2.74. The van der Waals surface area contributed by atoms with Gasteiger partial charge in [0.1, 0.15) is 5.75 Å². The van der Waals surface area contributed by atoms with Crippen LogP contribution in [0.15, 0.2) is 6.07 Å². The van der Waals surface area contributed by atoms with Crippen molar-refractivity contribution in [2.24, 2.45) is 29.4 Å². The predicted molar refractivity (Wildman–Crippen MR) is 140 cm³/mol. The largest absolute Gasteiger partial charge is 0.507 e. The maximum atomic E-state index is 14.0. The van der Waals surface area contributed by atoms with E-state index in [4.69, 9.17) is 5.73 Å². The van der Waals surface area contributed by atoms with E-state index < -0.39 is 64.4 Å². The van der Waals surface area contributed by atoms with E-state index in [0.29, 0.717) is 30.5 Å². The third-order valence-electron chi connectivity index (χ3n) is 9.46. The normalized spacial score (nSPS) is 33.1. The van der Waals surface area contributed by atoms with E-state index in [1.807, 2.05) is 13.0 Å². The first-order chi connectivity index (χ1) is 18.4. The molecule has 3 fully saturated rings. The van der Waals surface area contributed by atoms with Crippen molar-refractivity contribution in [3.63, 3.8) is 0 Å². The molecule has 1 aromatic rings. The molecule has 2 unspecified atom stereocenters. The molecule has 1 aromatic carbocycles. The molecule has 5 rings (SSSR count). The Morgan fingerprint density at radius 2 is 1.77 bits per heavy atom. The molecule has 0 radical (unpaired) electrons. The van der Waals surface area contributed by atoms with Crippen molar-refractivity contribution >= 4 is 29.0 Å². The topological polar surface area (TPSA) is 158 Å². The van der Waals surface area contributed by atoms with E-state index in [9.17, 15) is 34.2 Å². The van der Waals surface area contributed by atoms with Crippen molar-refractivity contribution in [2.75, 3.05) is 27.2 Å². The molecular formula is C29H37N3O7. The zero-order chi connectivity index (χ0) is 28.4. The summed E-state index contributed by atoms with van der Waals surface area (Å²) in [6, 6.07) is 0.850. The smallest absolute Gasteiger partial charge is 0.235 e. The molecule has 1 aliphatic heterocycles. The highest BCUT2D eigenvalue weighted by Gasteiger charge is 2.69. The summed E-state index contributed by atoms with van der Waals surface area (Å²) in [7, 11) is 3.15. The molecule has 4 aliphatic rings. The summed E-state index contributed by atoms with van der Waals surface area (Å²) in [5.41, 5.74) is 5.00. The molecule has 10 nitrogen and oxygen atoms in total. The summed E-state index contributed by atoms with van der Waals surface area (Å²) in [4.78, 5) is 70.5. The number of carbonyl (C=O) groups excluding carboxylic acids is 5. The van der Waals surface area contributed by atoms with Crippen LogP contribution in [0.4, 0.5) is 0 Å². The Labute approximate surface area is 227 Å². The average Bonchev–Trinajstić information content (AvgIpc) is 2.88. The number of aromatic hydroxyl groups is 1. The molecule has 3 aliphatic carbocycles. The Balaban J connectivity index is 1.59. The van der Waals surface area contributed by atoms with Crippen LogP contribution >= 0.6 is 0 Å². The lowest BCUT2D eigenvalue weighted by Gasteiger charge is -2.52. The van der Waals surface area contributed by atoms with E-state index in [-0.39, 0.29) is 17.7 Å². The second-order valence-corrected chi connectivity index (χ2v) is 11.9. The van der Waals surface area contributed by atoms with Crippen molar-refractivity contribution in [1.82, 2.24) is 9.80 Å². The first-order valence-electron chi connectivity index (χ1n) is 13.9. The fourth-order valence-electron chi connectivity index (χ4n) is 7.61. The van der Waals surface area contributed by atoms with Crippen LogP contribution in [-0.4, -0.2) is 87.9 Å². The van der Waals surface area contributed by atoms with Gasteiger partial charge in [0.15, 0.2) is 34.7 Å². The molecule has 0 aromatic heterocycles. The summed E-state index contributed by atoms with van der Waals surface area (Å²) in [6.07, 6.45) is 4.28. The Bertz CT molecular complexity index is 1270. The number of ketones is 4. The molecule has 10 heteroatoms. The van der Waals surface area contributed by atoms with Gasteiger partial charge >= 0.3 is 0 Å². The highest BCUT2D eigenvalue weighted by atomic mass is 16.3. The van der Waals surface area contributed by atoms with Crippen LogP contribution < -0.4 is 5.73 Å². The molecular weight excluding hydrogens is 502 g/mol. The van der Waals surface area contributed by atoms with Gasteiger partial charge in [-0.2, -0.15) is 0 Å². The van der Waals surface area contributed by atoms with Gasteiger partial charge in [0.2, 0.25) is 5.91 Å². The molecule has 39 heavy (non-hydrogen) atoms. The fraction of sp³-hybridized carbons (Fsp3) is 0.621. The Kier molecular flexibility index (Phi) is 7.01. The van der Waals surface area contributed by atoms with Crippen LogP contribution in [0.25, 0.3) is 0 Å². The highest BCUT2D eigenvalue weighted by Crippen LogP contribution is 2.51. The van der Waals surface area contributed by atoms with Gasteiger partial charge in [0.05, 0.1) is 17.5 Å². The quantitative estimate of drug-likeness (QED) is 0.451. The summed E-state index contributed by atoms with van der Waals surface area (Å²) >= 11 is 0. The number of likely N-dealkylation sites (N-methyl/N-ethyl adjacent to an activating group) is 1. The summed E-state index contributed by atoms with van der Waals surface area (Å²) in [5, 5.41) is 23.1. The van der Waals surface area contributed by atoms with Crippen LogP contribution in [0.1, 0.15) is 59.7 Å². The lowest BCUT2D eigenvalue weighted by atomic mass is 9.52. The summed E-state index contributed by atoms with van der Waals surface area (Å²) < 4.78 is 0. The third-order valence-corrected chi connectivity index (χ3v) is 9.46. The predicted octanol–water partition coefficient (Wildman–Crippen LogP) is 0.415. The van der Waals surface area contributed by atoms with Gasteiger partial charge in [-0.05, 0) is 76.3 Å². The van der Waals surface area contributed by atoms with E-state index in [1.165, 1.54) is 4.90 Å². The van der Waals surface area contributed by atoms with Gasteiger partial charge in [-0.15, -0.1) is 0 Å². The fourth-order valence-corrected chi connectivity index (χ4v) is 7.61. The number of rotatable bonds is 5. The first-order valence-corrected chi connectivity index (χ1v) is 13.9. The number of piperidine rings is 1. The average molecular weight is 540 g/mol. The monoisotopic (exact) mass is 539 g/mol. The van der Waals surface area contributed by atoms with Crippen LogP contribution in [-0.2, 0) is 38.6 Å². The number of nitrogens with zero attached hydrogens (tertiary/aromatic N) is 2. The van der Waals surface area contributed by atoms with E-state index in [1.54, 1.807) is 14.1 Å². The number of primary amides is 1. The van der Waals surface area contributed by atoms with Crippen LogP contribution in [0, 0.1) is 23.7 Å². The number of hydrogen-bond donors (Lipinski definition) is 3. The van der Waals surface area contributed by atoms with E-state index in [2.05, 4.69) is 4.90 Å². The Hall–Kier alpha value is -2.95. The first kappa shape index (κ1) is 27.6. The maximum absolute atomic E-state index is 14.0. The van der Waals surface area contributed by atoms with Gasteiger partial charge < -0.3 is 15.9 Å². The van der Waals surface area contributed by atoms with Crippen LogP contribution in [0.2, 0.25) is 0 Å². The minimum absolute atomic E-state index is 0.0589. The molecule has 1 saturated heterocycles. The number of amides is 1. The number of phenols is 1. The van der Waals surface area contributed by atoms with Gasteiger partial charge in [-0.25, -0.2) is 0 Å². The molecule has 1 heterocycles. The second kappa shape index (κ2) is 9.91. The lowest BCUT2D eigenvalue weighted by molar-refractivity contribution is -0.181. The molecule has 0 spiro atoms. The van der Waals surface area contributed by atoms with Crippen molar-refractivity contribution in [3.8, 4) is 5.75 Å². The number of benzene rings is 1. The van der Waals surface area contributed by atoms with Crippen molar-refractivity contribution < 1.29 is 34.2 Å². The van der Waals surface area contributed by atoms with Crippen molar-refractivity contribution in [2.45, 2.75) is 63.6 Å². The van der Waals surface area contributed by atoms with E-state index in [0.717, 1.165) is 37.9 Å². The van der Waals surface area contributed by atoms with Crippen molar-refractivity contribution in [1.29, 1.82) is 0 Å². The van der Waals surface area contributed by atoms with Crippen molar-refractivity contribution in [3.05, 3.63) is 28.3 Å². The van der Waals surface area contributed by atoms with Crippen LogP contribution in [0.3, 0.4) is 0 Å². The summed E-state index contributed by atoms with van der Waals surface area (Å²) in [5.74, 6) is -10.0. The standard InChI is InChI=1S/C29H37N3O7/c1-4-14-10-16(13-32-8-6-5-7-9-32)23(33)20-17(14)11-15-12-18-22(31(2)3)25(35)21(28(30)38)27(37)29(18,39)26(36)19(15)24(20)34/h10,15,18-19,21-22,33,39H,4-9,11-13H2,1-3H3,(H2,30,38)/t15-,18-,19?,21?,22-,29-/m0/s1. The maximum Gasteiger partial charge on any atom is 0.235 e. The van der Waals surface area contributed by atoms with Gasteiger partial charge in [-0.3, -0.25) is 33.8 Å². The molecule has 210 valence electrons. The molecule has 1 amide bonds. The SMILES string of the molecule is CCc1cc(CN2CCCCC2)c(O)c2c1C[C@H]1C[C@H]3[C@H](N(C)C)C(=O)C(C(N)=O)C(=O)[C@@]3(O)C(=O)C1C2=O. The third kappa shape index (κ3) is 4.06. The number of likely N-dealkylation sites (tertiary alicyclic amines) is 1. The number of fused-ring (bicyclic) bond motifs is 3. The van der Waals surface area contributed by atoms with Crippen LogP contribution in [0.5, 0.6) is 5.75 Å². The number of aryl methyl sites for hydroxylation is 1. The second-order valence-electron chi connectivity index (χ2n) is 11.9. The Morgan fingerprint density at radius 3 is 2.36 bits per heavy atom. The number of Topliss-reactive ketones (excluding diaryl/α,β-unsaturated/α-hetero) is 4. The molecule has 6 atom stereocenters. The number of hydrogen-bond acceptors (Lipinski definition) is 9. The highest BCUT2D eigenvalue weighted by molar-refractivity contribution is 6.32. The van der Waals surface area contributed by atoms with Gasteiger partial charge in [0, 0.05) is 18.0 Å².